The molecule has 0 spiro atoms. The van der Waals surface area contributed by atoms with Crippen molar-refractivity contribution in [1.29, 1.82) is 0 Å². The summed E-state index contributed by atoms with van der Waals surface area (Å²) in [5.41, 5.74) is 0.734. The highest BCUT2D eigenvalue weighted by molar-refractivity contribution is 5.89. The summed E-state index contributed by atoms with van der Waals surface area (Å²) >= 11 is 0. The fourth-order valence-electron chi connectivity index (χ4n) is 2.24. The molecular formula is C14H15N3O3. The molecular weight excluding hydrogens is 258 g/mol. The maximum Gasteiger partial charge on any atom is 0.311 e. The zero-order valence-corrected chi connectivity index (χ0v) is 11.2. The molecule has 0 N–H and O–H groups in total. The van der Waals surface area contributed by atoms with Crippen LogP contribution < -0.4 is 4.74 Å². The minimum absolute atomic E-state index is 0.0460. The van der Waals surface area contributed by atoms with Crippen LogP contribution in [0.15, 0.2) is 28.7 Å². The average molecular weight is 273 g/mol. The van der Waals surface area contributed by atoms with Gasteiger partial charge in [-0.25, -0.2) is 0 Å². The number of benzene rings is 1. The van der Waals surface area contributed by atoms with Crippen LogP contribution in [0.3, 0.4) is 0 Å². The van der Waals surface area contributed by atoms with E-state index in [1.807, 2.05) is 18.2 Å². The highest BCUT2D eigenvalue weighted by Gasteiger charge is 2.24. The second kappa shape index (κ2) is 5.32. The fraction of sp³-hybridized carbons (Fsp3) is 0.357. The molecule has 1 amide bonds. The summed E-state index contributed by atoms with van der Waals surface area (Å²) < 4.78 is 10.6. The molecule has 1 saturated heterocycles. The first-order valence-electron chi connectivity index (χ1n) is 6.55. The normalized spacial score (nSPS) is 14.6. The number of likely N-dealkylation sites (tertiary alicyclic amines) is 1. The number of nitrogens with zero attached hydrogens (tertiary/aromatic N) is 3. The van der Waals surface area contributed by atoms with Gasteiger partial charge in [0.25, 0.3) is 0 Å². The number of hydrogen-bond acceptors (Lipinski definition) is 5. The quantitative estimate of drug-likeness (QED) is 0.855. The molecule has 20 heavy (non-hydrogen) atoms. The van der Waals surface area contributed by atoms with Gasteiger partial charge in [0.1, 0.15) is 5.75 Å². The Labute approximate surface area is 116 Å². The van der Waals surface area contributed by atoms with E-state index in [1.165, 1.54) is 0 Å². The first-order valence-corrected chi connectivity index (χ1v) is 6.55. The molecule has 1 aromatic carbocycles. The van der Waals surface area contributed by atoms with Crippen LogP contribution in [0.5, 0.6) is 5.75 Å². The standard InChI is InChI=1S/C14H15N3O3/c1-19-11-6-4-5-10(9-11)12-15-16-13(20-12)14(18)17-7-2-3-8-17/h4-6,9H,2-3,7-8H2,1H3. The van der Waals surface area contributed by atoms with Gasteiger partial charge < -0.3 is 14.1 Å². The summed E-state index contributed by atoms with van der Waals surface area (Å²) in [4.78, 5) is 13.9. The number of rotatable bonds is 3. The molecule has 2 heterocycles. The molecule has 0 saturated carbocycles. The van der Waals surface area contributed by atoms with Crippen LogP contribution in [-0.4, -0.2) is 41.2 Å². The number of amides is 1. The molecule has 0 unspecified atom stereocenters. The molecule has 0 bridgehead atoms. The lowest BCUT2D eigenvalue weighted by Gasteiger charge is -2.11. The van der Waals surface area contributed by atoms with Gasteiger partial charge in [-0.05, 0) is 31.0 Å². The third kappa shape index (κ3) is 2.36. The number of carbonyl (C=O) groups excluding carboxylic acids is 1. The van der Waals surface area contributed by atoms with E-state index < -0.39 is 0 Å². The Bertz CT molecular complexity index is 618. The van der Waals surface area contributed by atoms with Crippen molar-refractivity contribution < 1.29 is 13.9 Å². The lowest BCUT2D eigenvalue weighted by molar-refractivity contribution is 0.0754. The van der Waals surface area contributed by atoms with E-state index in [9.17, 15) is 4.79 Å². The topological polar surface area (TPSA) is 68.5 Å². The predicted octanol–water partition coefficient (Wildman–Crippen LogP) is 1.98. The Morgan fingerprint density at radius 2 is 2.10 bits per heavy atom. The van der Waals surface area contributed by atoms with Crippen molar-refractivity contribution in [1.82, 2.24) is 15.1 Å². The zero-order valence-electron chi connectivity index (χ0n) is 11.2. The summed E-state index contributed by atoms with van der Waals surface area (Å²) in [5, 5.41) is 7.78. The number of methoxy groups -OCH3 is 1. The molecule has 1 aromatic heterocycles. The van der Waals surface area contributed by atoms with E-state index in [0.717, 1.165) is 31.5 Å². The number of hydrogen-bond donors (Lipinski definition) is 0. The van der Waals surface area contributed by atoms with Crippen LogP contribution in [0.25, 0.3) is 11.5 Å². The number of carbonyl (C=O) groups is 1. The summed E-state index contributed by atoms with van der Waals surface area (Å²) in [5.74, 6) is 0.883. The van der Waals surface area contributed by atoms with Crippen molar-refractivity contribution in [3.63, 3.8) is 0 Å². The predicted molar refractivity (Wildman–Crippen MR) is 71.4 cm³/mol. The Morgan fingerprint density at radius 1 is 1.30 bits per heavy atom. The second-order valence-corrected chi connectivity index (χ2v) is 4.64. The first-order chi connectivity index (χ1) is 9.78. The van der Waals surface area contributed by atoms with Crippen molar-refractivity contribution in [3.8, 4) is 17.2 Å². The van der Waals surface area contributed by atoms with Gasteiger partial charge in [-0.2, -0.15) is 0 Å². The highest BCUT2D eigenvalue weighted by atomic mass is 16.5. The van der Waals surface area contributed by atoms with E-state index >= 15 is 0 Å². The lowest BCUT2D eigenvalue weighted by Crippen LogP contribution is -2.27. The number of aromatic nitrogens is 2. The molecule has 0 radical (unpaired) electrons. The minimum Gasteiger partial charge on any atom is -0.497 e. The Kier molecular flexibility index (Phi) is 3.37. The van der Waals surface area contributed by atoms with Gasteiger partial charge in [-0.1, -0.05) is 6.07 Å². The Balaban J connectivity index is 1.83. The first kappa shape index (κ1) is 12.7. The molecule has 1 fully saturated rings. The van der Waals surface area contributed by atoms with Crippen LogP contribution in [0.1, 0.15) is 23.5 Å². The van der Waals surface area contributed by atoms with Crippen molar-refractivity contribution in [3.05, 3.63) is 30.2 Å². The van der Waals surface area contributed by atoms with Gasteiger partial charge in [-0.15, -0.1) is 10.2 Å². The monoisotopic (exact) mass is 273 g/mol. The van der Waals surface area contributed by atoms with Gasteiger partial charge in [0, 0.05) is 18.7 Å². The van der Waals surface area contributed by atoms with Crippen LogP contribution in [0.4, 0.5) is 0 Å². The average Bonchev–Trinajstić information content (AvgIpc) is 3.18. The summed E-state index contributed by atoms with van der Waals surface area (Å²) in [7, 11) is 1.59. The van der Waals surface area contributed by atoms with Crippen molar-refractivity contribution >= 4 is 5.91 Å². The molecule has 2 aromatic rings. The largest absolute Gasteiger partial charge is 0.497 e. The lowest BCUT2D eigenvalue weighted by atomic mass is 10.2. The summed E-state index contributed by atoms with van der Waals surface area (Å²) in [6, 6.07) is 7.29. The van der Waals surface area contributed by atoms with Gasteiger partial charge >= 0.3 is 11.8 Å². The molecule has 0 atom stereocenters. The van der Waals surface area contributed by atoms with Crippen LogP contribution in [-0.2, 0) is 0 Å². The third-order valence-electron chi connectivity index (χ3n) is 3.32. The van der Waals surface area contributed by atoms with Crippen LogP contribution >= 0.6 is 0 Å². The van der Waals surface area contributed by atoms with E-state index in [1.54, 1.807) is 18.1 Å². The summed E-state index contributed by atoms with van der Waals surface area (Å²) in [6.45, 7) is 1.52. The molecule has 6 nitrogen and oxygen atoms in total. The number of ether oxygens (including phenoxy) is 1. The fourth-order valence-corrected chi connectivity index (χ4v) is 2.24. The van der Waals surface area contributed by atoms with Gasteiger partial charge in [0.2, 0.25) is 5.89 Å². The second-order valence-electron chi connectivity index (χ2n) is 4.64. The Morgan fingerprint density at radius 3 is 2.85 bits per heavy atom. The van der Waals surface area contributed by atoms with E-state index in [2.05, 4.69) is 10.2 Å². The maximum atomic E-state index is 12.1. The smallest absolute Gasteiger partial charge is 0.311 e. The Hall–Kier alpha value is -2.37. The van der Waals surface area contributed by atoms with Gasteiger partial charge in [-0.3, -0.25) is 4.79 Å². The van der Waals surface area contributed by atoms with E-state index in [4.69, 9.17) is 9.15 Å². The third-order valence-corrected chi connectivity index (χ3v) is 3.32. The van der Waals surface area contributed by atoms with Crippen LogP contribution in [0, 0.1) is 0 Å². The molecule has 104 valence electrons. The SMILES string of the molecule is COc1cccc(-c2nnc(C(=O)N3CCCC3)o2)c1. The van der Waals surface area contributed by atoms with E-state index in [-0.39, 0.29) is 11.8 Å². The van der Waals surface area contributed by atoms with Gasteiger partial charge in [0.15, 0.2) is 0 Å². The molecule has 6 heteroatoms. The minimum atomic E-state index is -0.191. The van der Waals surface area contributed by atoms with Crippen molar-refractivity contribution in [2.75, 3.05) is 20.2 Å². The van der Waals surface area contributed by atoms with Crippen LogP contribution in [0.2, 0.25) is 0 Å². The molecule has 3 rings (SSSR count). The molecule has 1 aliphatic heterocycles. The zero-order chi connectivity index (χ0) is 13.9. The highest BCUT2D eigenvalue weighted by Crippen LogP contribution is 2.23. The maximum absolute atomic E-state index is 12.1. The van der Waals surface area contributed by atoms with Crippen molar-refractivity contribution in [2.24, 2.45) is 0 Å². The van der Waals surface area contributed by atoms with E-state index in [0.29, 0.717) is 11.6 Å². The summed E-state index contributed by atoms with van der Waals surface area (Å²) in [6.07, 6.45) is 2.06. The van der Waals surface area contributed by atoms with Gasteiger partial charge in [0.05, 0.1) is 7.11 Å². The molecule has 1 aliphatic rings. The molecule has 0 aliphatic carbocycles. The van der Waals surface area contributed by atoms with Crippen molar-refractivity contribution in [2.45, 2.75) is 12.8 Å².